The predicted molar refractivity (Wildman–Crippen MR) is 27.2 cm³/mol. The van der Waals surface area contributed by atoms with E-state index in [4.69, 9.17) is 5.11 Å². The number of hydrogen-bond donors (Lipinski definition) is 2. The van der Waals surface area contributed by atoms with E-state index < -0.39 is 0 Å². The molecule has 0 unspecified atom stereocenters. The van der Waals surface area contributed by atoms with Crippen LogP contribution in [0.25, 0.3) is 0 Å². The molecule has 1 aliphatic rings. The molecule has 38 valence electrons. The molecule has 0 aromatic heterocycles. The van der Waals surface area contributed by atoms with Gasteiger partial charge in [-0.1, -0.05) is 0 Å². The third kappa shape index (κ3) is 1.27. The van der Waals surface area contributed by atoms with Gasteiger partial charge in [0, 0.05) is 6.08 Å². The highest BCUT2D eigenvalue weighted by Crippen LogP contribution is 1.97. The highest BCUT2D eigenvalue weighted by Gasteiger charge is 1.88. The molecule has 1 heterocycles. The Labute approximate surface area is 42.4 Å². The highest BCUT2D eigenvalue weighted by molar-refractivity contribution is 7.38. The van der Waals surface area contributed by atoms with Crippen molar-refractivity contribution in [3.05, 3.63) is 12.3 Å². The quantitative estimate of drug-likeness (QED) is 0.451. The van der Waals surface area contributed by atoms with Gasteiger partial charge in [0.05, 0.1) is 8.35 Å². The Morgan fingerprint density at radius 2 is 2.71 bits per heavy atom. The van der Waals surface area contributed by atoms with Crippen molar-refractivity contribution in [2.45, 2.75) is 0 Å². The van der Waals surface area contributed by atoms with E-state index in [2.05, 4.69) is 10.1 Å². The molecular weight excluding hydrogens is 113 g/mol. The van der Waals surface area contributed by atoms with Crippen LogP contribution < -0.4 is 5.25 Å². The molecule has 0 radical (unpaired) electrons. The number of rotatable bonds is 0. The smallest absolute Gasteiger partial charge is 0.116 e. The monoisotopic (exact) mass is 117 g/mol. The second-order valence-electron chi connectivity index (χ2n) is 0.982. The first kappa shape index (κ1) is 4.78. The fourth-order valence-electron chi connectivity index (χ4n) is 0.236. The summed E-state index contributed by atoms with van der Waals surface area (Å²) in [6.45, 7) is 0. The largest absolute Gasteiger partial charge is 0.408 e. The second kappa shape index (κ2) is 2.07. The van der Waals surface area contributed by atoms with Gasteiger partial charge in [-0.3, -0.25) is 0 Å². The lowest BCUT2D eigenvalue weighted by Gasteiger charge is -1.99. The molecule has 0 amide bonds. The lowest BCUT2D eigenvalue weighted by atomic mass is 10.7. The molecule has 4 heteroatoms. The van der Waals surface area contributed by atoms with E-state index in [9.17, 15) is 0 Å². The third-order valence-electron chi connectivity index (χ3n) is 0.498. The van der Waals surface area contributed by atoms with Crippen LogP contribution in [0.2, 0.25) is 0 Å². The molecule has 0 atom stereocenters. The number of nitrogens with one attached hydrogen (secondary N) is 1. The summed E-state index contributed by atoms with van der Waals surface area (Å²) in [6, 6.07) is 0. The fourth-order valence-corrected chi connectivity index (χ4v) is 0.578. The minimum atomic E-state index is 0.270. The van der Waals surface area contributed by atoms with Crippen LogP contribution >= 0.6 is 8.35 Å². The van der Waals surface area contributed by atoms with Gasteiger partial charge in [-0.05, 0) is 0 Å². The number of hydrogen-bond acceptors (Lipinski definition) is 2. The van der Waals surface area contributed by atoms with Crippen LogP contribution in [-0.4, -0.2) is 10.6 Å². The first-order valence-corrected chi connectivity index (χ1v) is 2.63. The van der Waals surface area contributed by atoms with Gasteiger partial charge in [0.1, 0.15) is 11.7 Å². The summed E-state index contributed by atoms with van der Waals surface area (Å²) >= 11 is 0. The molecule has 0 aromatic carbocycles. The van der Waals surface area contributed by atoms with Gasteiger partial charge in [0.15, 0.2) is 0 Å². The first-order chi connectivity index (χ1) is 3.39. The van der Waals surface area contributed by atoms with Crippen LogP contribution in [0, 0.1) is 0 Å². The highest BCUT2D eigenvalue weighted by atomic mass is 31.1. The Morgan fingerprint density at radius 3 is 3.00 bits per heavy atom. The first-order valence-electron chi connectivity index (χ1n) is 1.73. The van der Waals surface area contributed by atoms with E-state index in [1.54, 1.807) is 0 Å². The van der Waals surface area contributed by atoms with Gasteiger partial charge in [-0.25, -0.2) is 0 Å². The topological polar surface area (TPSA) is 41.5 Å². The van der Waals surface area contributed by atoms with E-state index in [-0.39, 0.29) is 5.48 Å². The van der Waals surface area contributed by atoms with Gasteiger partial charge in [0.2, 0.25) is 0 Å². The maximum absolute atomic E-state index is 8.58. The molecular formula is C3H4NO2P. The molecule has 0 saturated heterocycles. The molecule has 1 rings (SSSR count). The van der Waals surface area contributed by atoms with Gasteiger partial charge in [-0.15, -0.1) is 5.25 Å². The molecule has 0 saturated carbocycles. The molecule has 0 spiro atoms. The van der Waals surface area contributed by atoms with Crippen molar-refractivity contribution in [2.24, 2.45) is 0 Å². The fraction of sp³-hybridized carbons (Fsp3) is 0. The number of aliphatic hydroxyl groups excluding tert-OH is 1. The normalized spacial score (nSPS) is 20.4. The van der Waals surface area contributed by atoms with Crippen molar-refractivity contribution in [3.8, 4) is 0 Å². The van der Waals surface area contributed by atoms with Crippen LogP contribution in [-0.2, 0) is 4.84 Å². The summed E-state index contributed by atoms with van der Waals surface area (Å²) in [5, 5.41) is 11.0. The maximum Gasteiger partial charge on any atom is 0.116 e. The summed E-state index contributed by atoms with van der Waals surface area (Å²) in [7, 11) is 0.610. The summed E-state index contributed by atoms with van der Waals surface area (Å²) in [6.07, 6.45) is 2.86. The minimum absolute atomic E-state index is 0.270. The Kier molecular flexibility index (Phi) is 1.42. The van der Waals surface area contributed by atoms with Crippen LogP contribution in [0.4, 0.5) is 0 Å². The van der Waals surface area contributed by atoms with E-state index in [1.165, 1.54) is 12.3 Å². The Balaban J connectivity index is 2.58. The Bertz CT molecular complexity index is 120. The molecule has 2 N–H and O–H groups in total. The lowest BCUT2D eigenvalue weighted by Crippen LogP contribution is -2.02. The van der Waals surface area contributed by atoms with Crippen molar-refractivity contribution in [1.82, 2.24) is 5.25 Å². The zero-order chi connectivity index (χ0) is 5.11. The van der Waals surface area contributed by atoms with Crippen molar-refractivity contribution in [3.63, 3.8) is 0 Å². The van der Waals surface area contributed by atoms with Gasteiger partial charge >= 0.3 is 0 Å². The number of aliphatic hydroxyl groups is 1. The zero-order valence-electron chi connectivity index (χ0n) is 3.46. The SMILES string of the molecule is OC1=PNOC=C1. The van der Waals surface area contributed by atoms with Crippen molar-refractivity contribution < 1.29 is 9.94 Å². The zero-order valence-corrected chi connectivity index (χ0v) is 4.35. The Hall–Kier alpha value is -0.370. The van der Waals surface area contributed by atoms with Gasteiger partial charge in [0.25, 0.3) is 0 Å². The molecule has 3 nitrogen and oxygen atoms in total. The van der Waals surface area contributed by atoms with E-state index in [0.717, 1.165) is 0 Å². The summed E-state index contributed by atoms with van der Waals surface area (Å²) in [5.41, 5.74) is 0.270. The van der Waals surface area contributed by atoms with Gasteiger partial charge in [-0.2, -0.15) is 0 Å². The second-order valence-corrected chi connectivity index (χ2v) is 1.85. The average Bonchev–Trinajstić information content (AvgIpc) is 1.69. The van der Waals surface area contributed by atoms with Crippen molar-refractivity contribution in [1.29, 1.82) is 0 Å². The van der Waals surface area contributed by atoms with E-state index in [0.29, 0.717) is 8.35 Å². The maximum atomic E-state index is 8.58. The Morgan fingerprint density at radius 1 is 1.86 bits per heavy atom. The summed E-state index contributed by atoms with van der Waals surface area (Å²) in [5.74, 6) is 0. The standard InChI is InChI=1S/C3H4NO2P/c5-3-1-2-6-4-7-3/h1-2,4-5H. The summed E-state index contributed by atoms with van der Waals surface area (Å²) in [4.78, 5) is 4.52. The van der Waals surface area contributed by atoms with Crippen LogP contribution in [0.5, 0.6) is 0 Å². The molecule has 0 bridgehead atoms. The third-order valence-corrected chi connectivity index (χ3v) is 1.07. The molecule has 0 aliphatic carbocycles. The summed E-state index contributed by atoms with van der Waals surface area (Å²) < 4.78 is 0. The predicted octanol–water partition coefficient (Wildman–Crippen LogP) is 0.398. The molecule has 7 heavy (non-hydrogen) atoms. The molecule has 1 aliphatic heterocycles. The van der Waals surface area contributed by atoms with Crippen molar-refractivity contribution >= 4 is 13.8 Å². The molecule has 0 fully saturated rings. The van der Waals surface area contributed by atoms with Crippen LogP contribution in [0.3, 0.4) is 0 Å². The molecule has 0 aromatic rings. The lowest BCUT2D eigenvalue weighted by molar-refractivity contribution is 0.211. The van der Waals surface area contributed by atoms with E-state index in [1.807, 2.05) is 0 Å². The van der Waals surface area contributed by atoms with Crippen molar-refractivity contribution in [2.75, 3.05) is 0 Å². The minimum Gasteiger partial charge on any atom is -0.408 e. The average molecular weight is 117 g/mol. The van der Waals surface area contributed by atoms with Crippen LogP contribution in [0.15, 0.2) is 12.3 Å². The van der Waals surface area contributed by atoms with E-state index >= 15 is 0 Å². The van der Waals surface area contributed by atoms with Crippen LogP contribution in [0.1, 0.15) is 0 Å². The van der Waals surface area contributed by atoms with Gasteiger partial charge < -0.3 is 9.94 Å².